The number of para-hydroxylation sites is 1. The van der Waals surface area contributed by atoms with Crippen LogP contribution in [0.3, 0.4) is 0 Å². The SMILES string of the molecule is O=C(N/N=C\c1ccccc1)c1cc(-c2ccco2)nc2ccccc12. The van der Waals surface area contributed by atoms with Crippen LogP contribution in [0.5, 0.6) is 0 Å². The first kappa shape index (κ1) is 15.8. The molecule has 0 spiro atoms. The van der Waals surface area contributed by atoms with E-state index in [0.717, 1.165) is 16.5 Å². The van der Waals surface area contributed by atoms with Crippen LogP contribution >= 0.6 is 0 Å². The first-order chi connectivity index (χ1) is 12.8. The molecule has 0 saturated heterocycles. The minimum absolute atomic E-state index is 0.302. The fraction of sp³-hybridized carbons (Fsp3) is 0. The molecule has 1 amide bonds. The lowest BCUT2D eigenvalue weighted by Gasteiger charge is -2.07. The van der Waals surface area contributed by atoms with Crippen LogP contribution in [0.25, 0.3) is 22.4 Å². The third-order valence-electron chi connectivity index (χ3n) is 3.91. The number of hydrogen-bond acceptors (Lipinski definition) is 4. The number of hydrogen-bond donors (Lipinski definition) is 1. The van der Waals surface area contributed by atoms with Gasteiger partial charge in [-0.2, -0.15) is 5.10 Å². The minimum Gasteiger partial charge on any atom is -0.463 e. The van der Waals surface area contributed by atoms with E-state index in [1.54, 1.807) is 24.6 Å². The summed E-state index contributed by atoms with van der Waals surface area (Å²) < 4.78 is 5.42. The molecule has 5 nitrogen and oxygen atoms in total. The van der Waals surface area contributed by atoms with E-state index in [0.29, 0.717) is 17.0 Å². The fourth-order valence-corrected chi connectivity index (χ4v) is 2.68. The number of nitrogens with zero attached hydrogens (tertiary/aromatic N) is 2. The maximum Gasteiger partial charge on any atom is 0.272 e. The van der Waals surface area contributed by atoms with E-state index in [1.165, 1.54) is 0 Å². The van der Waals surface area contributed by atoms with Crippen LogP contribution in [0.4, 0.5) is 0 Å². The van der Waals surface area contributed by atoms with Crippen molar-refractivity contribution in [3.05, 3.63) is 90.2 Å². The molecule has 0 aliphatic heterocycles. The predicted octanol–water partition coefficient (Wildman–Crippen LogP) is 4.26. The maximum absolute atomic E-state index is 12.7. The summed E-state index contributed by atoms with van der Waals surface area (Å²) in [5.41, 5.74) is 5.31. The van der Waals surface area contributed by atoms with Gasteiger partial charge in [-0.1, -0.05) is 48.5 Å². The smallest absolute Gasteiger partial charge is 0.272 e. The third kappa shape index (κ3) is 3.23. The number of pyridine rings is 1. The van der Waals surface area contributed by atoms with Gasteiger partial charge in [0.25, 0.3) is 5.91 Å². The Hall–Kier alpha value is -3.73. The number of nitrogens with one attached hydrogen (secondary N) is 1. The van der Waals surface area contributed by atoms with Gasteiger partial charge in [-0.15, -0.1) is 0 Å². The molecule has 0 aliphatic carbocycles. The number of fused-ring (bicyclic) bond motifs is 1. The number of carbonyl (C=O) groups excluding carboxylic acids is 1. The second kappa shape index (κ2) is 7.03. The van der Waals surface area contributed by atoms with Crippen LogP contribution in [-0.4, -0.2) is 17.1 Å². The Morgan fingerprint density at radius 3 is 2.62 bits per heavy atom. The summed E-state index contributed by atoms with van der Waals surface area (Å²) in [7, 11) is 0. The van der Waals surface area contributed by atoms with Crippen molar-refractivity contribution in [2.24, 2.45) is 5.10 Å². The number of hydrazone groups is 1. The van der Waals surface area contributed by atoms with E-state index in [1.807, 2.05) is 60.7 Å². The molecular weight excluding hydrogens is 326 g/mol. The highest BCUT2D eigenvalue weighted by Gasteiger charge is 2.14. The minimum atomic E-state index is -0.302. The van der Waals surface area contributed by atoms with Crippen LogP contribution in [0, 0.1) is 0 Å². The van der Waals surface area contributed by atoms with Gasteiger partial charge in [0.2, 0.25) is 0 Å². The molecule has 126 valence electrons. The van der Waals surface area contributed by atoms with Gasteiger partial charge in [0.15, 0.2) is 5.76 Å². The van der Waals surface area contributed by atoms with Crippen molar-refractivity contribution in [1.82, 2.24) is 10.4 Å². The Morgan fingerprint density at radius 1 is 1.00 bits per heavy atom. The lowest BCUT2D eigenvalue weighted by Crippen LogP contribution is -2.18. The van der Waals surface area contributed by atoms with E-state index in [9.17, 15) is 4.79 Å². The summed E-state index contributed by atoms with van der Waals surface area (Å²) in [6.07, 6.45) is 3.19. The number of furan rings is 1. The lowest BCUT2D eigenvalue weighted by molar-refractivity contribution is 0.0957. The van der Waals surface area contributed by atoms with Crippen molar-refractivity contribution < 1.29 is 9.21 Å². The Balaban J connectivity index is 1.68. The van der Waals surface area contributed by atoms with Gasteiger partial charge in [0.05, 0.1) is 23.6 Å². The topological polar surface area (TPSA) is 67.5 Å². The molecule has 2 aromatic carbocycles. The highest BCUT2D eigenvalue weighted by molar-refractivity contribution is 6.07. The van der Waals surface area contributed by atoms with Gasteiger partial charge in [-0.25, -0.2) is 10.4 Å². The number of amides is 1. The van der Waals surface area contributed by atoms with E-state index < -0.39 is 0 Å². The van der Waals surface area contributed by atoms with Crippen LogP contribution in [0.15, 0.2) is 88.6 Å². The molecule has 0 aliphatic rings. The summed E-state index contributed by atoms with van der Waals surface area (Å²) >= 11 is 0. The van der Waals surface area contributed by atoms with Gasteiger partial charge in [0.1, 0.15) is 5.69 Å². The monoisotopic (exact) mass is 341 g/mol. The van der Waals surface area contributed by atoms with Crippen LogP contribution in [-0.2, 0) is 0 Å². The van der Waals surface area contributed by atoms with Crippen molar-refractivity contribution in [3.8, 4) is 11.5 Å². The maximum atomic E-state index is 12.7. The quantitative estimate of drug-likeness (QED) is 0.445. The number of aromatic nitrogens is 1. The molecule has 0 saturated carbocycles. The van der Waals surface area contributed by atoms with Crippen molar-refractivity contribution in [2.75, 3.05) is 0 Å². The Morgan fingerprint density at radius 2 is 1.81 bits per heavy atom. The summed E-state index contributed by atoms with van der Waals surface area (Å²) in [6.45, 7) is 0. The summed E-state index contributed by atoms with van der Waals surface area (Å²) in [5.74, 6) is 0.307. The highest BCUT2D eigenvalue weighted by atomic mass is 16.3. The van der Waals surface area contributed by atoms with Gasteiger partial charge in [-0.05, 0) is 29.8 Å². The second-order valence-corrected chi connectivity index (χ2v) is 5.66. The zero-order valence-corrected chi connectivity index (χ0v) is 13.8. The zero-order valence-electron chi connectivity index (χ0n) is 13.8. The standard InChI is InChI=1S/C21H15N3O2/c25-21(24-22-14-15-7-2-1-3-8-15)17-13-19(20-11-6-12-26-20)23-18-10-5-4-9-16(17)18/h1-14H,(H,24,25)/b22-14-. The van der Waals surface area contributed by atoms with E-state index in [-0.39, 0.29) is 5.91 Å². The van der Waals surface area contributed by atoms with Gasteiger partial charge >= 0.3 is 0 Å². The molecule has 0 unspecified atom stereocenters. The number of benzene rings is 2. The molecule has 4 rings (SSSR count). The van der Waals surface area contributed by atoms with E-state index >= 15 is 0 Å². The number of carbonyl (C=O) groups is 1. The van der Waals surface area contributed by atoms with Gasteiger partial charge in [0, 0.05) is 5.39 Å². The lowest BCUT2D eigenvalue weighted by atomic mass is 10.1. The largest absolute Gasteiger partial charge is 0.463 e. The molecule has 26 heavy (non-hydrogen) atoms. The molecule has 0 bridgehead atoms. The molecule has 0 atom stereocenters. The Bertz CT molecular complexity index is 1070. The molecule has 5 heteroatoms. The second-order valence-electron chi connectivity index (χ2n) is 5.66. The molecule has 1 N–H and O–H groups in total. The first-order valence-corrected chi connectivity index (χ1v) is 8.13. The zero-order chi connectivity index (χ0) is 17.8. The predicted molar refractivity (Wildman–Crippen MR) is 101 cm³/mol. The van der Waals surface area contributed by atoms with Crippen molar-refractivity contribution in [2.45, 2.75) is 0 Å². The summed E-state index contributed by atoms with van der Waals surface area (Å²) in [4.78, 5) is 17.3. The molecule has 0 radical (unpaired) electrons. The van der Waals surface area contributed by atoms with Crippen molar-refractivity contribution in [3.63, 3.8) is 0 Å². The molecular formula is C21H15N3O2. The van der Waals surface area contributed by atoms with Crippen molar-refractivity contribution >= 4 is 23.0 Å². The van der Waals surface area contributed by atoms with E-state index in [4.69, 9.17) is 4.42 Å². The van der Waals surface area contributed by atoms with Crippen LogP contribution in [0.1, 0.15) is 15.9 Å². The van der Waals surface area contributed by atoms with Gasteiger partial charge < -0.3 is 4.42 Å². The number of rotatable bonds is 4. The summed E-state index contributed by atoms with van der Waals surface area (Å²) in [5, 5.41) is 4.81. The normalized spacial score (nSPS) is 11.1. The average molecular weight is 341 g/mol. The van der Waals surface area contributed by atoms with E-state index in [2.05, 4.69) is 15.5 Å². The third-order valence-corrected chi connectivity index (χ3v) is 3.91. The molecule has 2 heterocycles. The molecule has 2 aromatic heterocycles. The van der Waals surface area contributed by atoms with Crippen LogP contribution < -0.4 is 5.43 Å². The van der Waals surface area contributed by atoms with Crippen molar-refractivity contribution in [1.29, 1.82) is 0 Å². The molecule has 4 aromatic rings. The first-order valence-electron chi connectivity index (χ1n) is 8.13. The summed E-state index contributed by atoms with van der Waals surface area (Å²) in [6, 6.07) is 22.4. The fourth-order valence-electron chi connectivity index (χ4n) is 2.68. The van der Waals surface area contributed by atoms with Gasteiger partial charge in [-0.3, -0.25) is 4.79 Å². The molecule has 0 fully saturated rings. The highest BCUT2D eigenvalue weighted by Crippen LogP contribution is 2.25. The Labute approximate surface area is 150 Å². The average Bonchev–Trinajstić information content (AvgIpc) is 3.23. The van der Waals surface area contributed by atoms with Crippen LogP contribution in [0.2, 0.25) is 0 Å². The Kier molecular flexibility index (Phi) is 4.26.